The Morgan fingerprint density at radius 1 is 1.43 bits per heavy atom. The number of aromatic nitrogens is 2. The van der Waals surface area contributed by atoms with Gasteiger partial charge in [0.2, 0.25) is 0 Å². The van der Waals surface area contributed by atoms with Gasteiger partial charge in [-0.05, 0) is 31.0 Å². The Labute approximate surface area is 144 Å². The summed E-state index contributed by atoms with van der Waals surface area (Å²) in [6.45, 7) is 3.33. The maximum absolute atomic E-state index is 11.5. The summed E-state index contributed by atoms with van der Waals surface area (Å²) in [5, 5.41) is 9.35. The van der Waals surface area contributed by atoms with E-state index in [0.717, 1.165) is 40.8 Å². The number of hydroxylamine groups is 2. The van der Waals surface area contributed by atoms with Crippen LogP contribution in [0.25, 0.3) is 11.3 Å². The van der Waals surface area contributed by atoms with Gasteiger partial charge in [0.15, 0.2) is 0 Å². The van der Waals surface area contributed by atoms with E-state index in [-0.39, 0.29) is 5.97 Å². The van der Waals surface area contributed by atoms with Crippen molar-refractivity contribution in [3.8, 4) is 11.3 Å². The molecule has 3 rings (SSSR count). The lowest BCUT2D eigenvalue weighted by Crippen LogP contribution is -2.36. The summed E-state index contributed by atoms with van der Waals surface area (Å²) in [6.07, 6.45) is 2.48. The Morgan fingerprint density at radius 3 is 2.96 bits per heavy atom. The predicted octanol–water partition coefficient (Wildman–Crippen LogP) is 3.89. The zero-order chi connectivity index (χ0) is 16.2. The molecule has 1 atom stereocenters. The van der Waals surface area contributed by atoms with Crippen LogP contribution >= 0.6 is 15.9 Å². The van der Waals surface area contributed by atoms with Gasteiger partial charge in [-0.15, -0.1) is 5.06 Å². The minimum absolute atomic E-state index is 0.175. The molecule has 0 bridgehead atoms. The van der Waals surface area contributed by atoms with Gasteiger partial charge < -0.3 is 4.84 Å². The molecule has 2 heterocycles. The summed E-state index contributed by atoms with van der Waals surface area (Å²) in [5.41, 5.74) is 3.12. The molecule has 1 unspecified atom stereocenters. The lowest BCUT2D eigenvalue weighted by atomic mass is 9.95. The first kappa shape index (κ1) is 16.2. The number of aromatic amines is 1. The van der Waals surface area contributed by atoms with Gasteiger partial charge in [0.1, 0.15) is 0 Å². The van der Waals surface area contributed by atoms with Crippen LogP contribution in [-0.4, -0.2) is 34.3 Å². The fourth-order valence-electron chi connectivity index (χ4n) is 2.80. The van der Waals surface area contributed by atoms with Crippen molar-refractivity contribution in [2.45, 2.75) is 32.1 Å². The van der Waals surface area contributed by atoms with Crippen molar-refractivity contribution < 1.29 is 9.63 Å². The number of H-pyrrole nitrogens is 1. The Hall–Kier alpha value is -1.66. The molecule has 0 aliphatic carbocycles. The summed E-state index contributed by atoms with van der Waals surface area (Å²) >= 11 is 3.44. The molecule has 0 saturated carbocycles. The lowest BCUT2D eigenvalue weighted by Gasteiger charge is -2.30. The molecule has 0 amide bonds. The molecule has 23 heavy (non-hydrogen) atoms. The third kappa shape index (κ3) is 4.00. The largest absolute Gasteiger partial charge is 0.368 e. The summed E-state index contributed by atoms with van der Waals surface area (Å²) < 4.78 is 1.05. The average Bonchev–Trinajstić information content (AvgIpc) is 3.06. The van der Waals surface area contributed by atoms with Gasteiger partial charge in [-0.25, -0.2) is 0 Å². The number of halogens is 1. The highest BCUT2D eigenvalue weighted by Crippen LogP contribution is 2.29. The van der Waals surface area contributed by atoms with Crippen molar-refractivity contribution in [2.75, 3.05) is 13.1 Å². The first-order chi connectivity index (χ1) is 11.2. The minimum atomic E-state index is -0.175. The van der Waals surface area contributed by atoms with Crippen molar-refractivity contribution in [2.24, 2.45) is 0 Å². The zero-order valence-electron chi connectivity index (χ0n) is 13.1. The summed E-state index contributed by atoms with van der Waals surface area (Å²) in [4.78, 5) is 16.8. The van der Waals surface area contributed by atoms with Crippen LogP contribution in [0.1, 0.15) is 37.8 Å². The second kappa shape index (κ2) is 7.27. The van der Waals surface area contributed by atoms with Crippen LogP contribution in [-0.2, 0) is 9.63 Å². The highest BCUT2D eigenvalue weighted by molar-refractivity contribution is 9.10. The smallest absolute Gasteiger partial charge is 0.324 e. The van der Waals surface area contributed by atoms with E-state index < -0.39 is 0 Å². The predicted molar refractivity (Wildman–Crippen MR) is 91.7 cm³/mol. The van der Waals surface area contributed by atoms with Crippen LogP contribution in [0.5, 0.6) is 0 Å². The van der Waals surface area contributed by atoms with Crippen molar-refractivity contribution in [1.29, 1.82) is 0 Å². The van der Waals surface area contributed by atoms with Crippen LogP contribution in [0.3, 0.4) is 0 Å². The van der Waals surface area contributed by atoms with Crippen molar-refractivity contribution in [3.63, 3.8) is 0 Å². The summed E-state index contributed by atoms with van der Waals surface area (Å²) in [5.74, 6) is 0.135. The van der Waals surface area contributed by atoms with Crippen molar-refractivity contribution in [1.82, 2.24) is 15.3 Å². The number of carbonyl (C=O) groups is 1. The van der Waals surface area contributed by atoms with Gasteiger partial charge in [0.05, 0.1) is 5.69 Å². The highest BCUT2D eigenvalue weighted by atomic mass is 79.9. The van der Waals surface area contributed by atoms with E-state index in [2.05, 4.69) is 32.2 Å². The second-order valence-corrected chi connectivity index (χ2v) is 6.68. The molecule has 2 aromatic rings. The molecule has 1 aliphatic heterocycles. The Balaban J connectivity index is 1.69. The minimum Gasteiger partial charge on any atom is -0.368 e. The molecule has 122 valence electrons. The fraction of sp³-hybridized carbons (Fsp3) is 0.412. The van der Waals surface area contributed by atoms with Gasteiger partial charge in [0, 0.05) is 41.2 Å². The van der Waals surface area contributed by atoms with E-state index in [1.807, 2.05) is 31.2 Å². The topological polar surface area (TPSA) is 58.2 Å². The van der Waals surface area contributed by atoms with E-state index in [1.165, 1.54) is 0 Å². The molecular formula is C17H20BrN3O2. The third-order valence-corrected chi connectivity index (χ3v) is 4.61. The van der Waals surface area contributed by atoms with Crippen molar-refractivity contribution >= 4 is 21.9 Å². The third-order valence-electron chi connectivity index (χ3n) is 4.08. The number of carbonyl (C=O) groups excluding carboxylic acids is 1. The van der Waals surface area contributed by atoms with Gasteiger partial charge >= 0.3 is 5.97 Å². The number of rotatable bonds is 4. The van der Waals surface area contributed by atoms with Crippen LogP contribution in [0.2, 0.25) is 0 Å². The SMILES string of the molecule is CCC(=O)ON1CCCC(c2cc(-c3ccc(Br)cc3)n[nH]2)C1. The van der Waals surface area contributed by atoms with Gasteiger partial charge in [-0.1, -0.05) is 35.0 Å². The quantitative estimate of drug-likeness (QED) is 0.877. The maximum atomic E-state index is 11.5. The first-order valence-electron chi connectivity index (χ1n) is 7.92. The second-order valence-electron chi connectivity index (χ2n) is 5.76. The Kier molecular flexibility index (Phi) is 5.13. The molecule has 1 aromatic heterocycles. The van der Waals surface area contributed by atoms with Gasteiger partial charge in [-0.3, -0.25) is 9.89 Å². The number of nitrogens with one attached hydrogen (secondary N) is 1. The Morgan fingerprint density at radius 2 is 2.22 bits per heavy atom. The molecule has 1 aliphatic rings. The van der Waals surface area contributed by atoms with Crippen LogP contribution in [0, 0.1) is 0 Å². The molecule has 1 saturated heterocycles. The van der Waals surface area contributed by atoms with Crippen LogP contribution in [0.15, 0.2) is 34.8 Å². The molecule has 0 radical (unpaired) electrons. The van der Waals surface area contributed by atoms with Gasteiger partial charge in [0.25, 0.3) is 0 Å². The average molecular weight is 378 g/mol. The highest BCUT2D eigenvalue weighted by Gasteiger charge is 2.25. The molecule has 5 nitrogen and oxygen atoms in total. The number of piperidine rings is 1. The number of hydrogen-bond donors (Lipinski definition) is 1. The molecule has 1 fully saturated rings. The van der Waals surface area contributed by atoms with E-state index in [4.69, 9.17) is 4.84 Å². The van der Waals surface area contributed by atoms with E-state index in [1.54, 1.807) is 5.06 Å². The van der Waals surface area contributed by atoms with Crippen LogP contribution < -0.4 is 0 Å². The van der Waals surface area contributed by atoms with E-state index in [9.17, 15) is 4.79 Å². The molecule has 1 aromatic carbocycles. The maximum Gasteiger partial charge on any atom is 0.324 e. The molecule has 1 N–H and O–H groups in total. The fourth-order valence-corrected chi connectivity index (χ4v) is 3.07. The number of benzene rings is 1. The molecule has 0 spiro atoms. The number of nitrogens with zero attached hydrogens (tertiary/aromatic N) is 2. The summed E-state index contributed by atoms with van der Waals surface area (Å²) in [7, 11) is 0. The van der Waals surface area contributed by atoms with E-state index in [0.29, 0.717) is 18.9 Å². The van der Waals surface area contributed by atoms with Crippen LogP contribution in [0.4, 0.5) is 0 Å². The molecular weight excluding hydrogens is 358 g/mol. The first-order valence-corrected chi connectivity index (χ1v) is 8.72. The van der Waals surface area contributed by atoms with Gasteiger partial charge in [-0.2, -0.15) is 5.10 Å². The zero-order valence-corrected chi connectivity index (χ0v) is 14.7. The summed E-state index contributed by atoms with van der Waals surface area (Å²) in [6, 6.07) is 10.2. The Bertz CT molecular complexity index is 669. The van der Waals surface area contributed by atoms with E-state index >= 15 is 0 Å². The standard InChI is InChI=1S/C17H20BrN3O2/c1-2-17(22)23-21-9-3-4-13(11-21)16-10-15(19-20-16)12-5-7-14(18)8-6-12/h5-8,10,13H,2-4,9,11H2,1H3,(H,19,20). The lowest BCUT2D eigenvalue weighted by molar-refractivity contribution is -0.195. The molecule has 6 heteroatoms. The number of hydrogen-bond acceptors (Lipinski definition) is 4. The van der Waals surface area contributed by atoms with Crippen molar-refractivity contribution in [3.05, 3.63) is 40.5 Å². The monoisotopic (exact) mass is 377 g/mol. The normalized spacial score (nSPS) is 18.8.